The molecule has 0 saturated carbocycles. The lowest BCUT2D eigenvalue weighted by Crippen LogP contribution is -2.45. The van der Waals surface area contributed by atoms with Gasteiger partial charge in [0.2, 0.25) is 0 Å². The summed E-state index contributed by atoms with van der Waals surface area (Å²) in [5.41, 5.74) is 1.30. The van der Waals surface area contributed by atoms with Gasteiger partial charge in [0.25, 0.3) is 0 Å². The van der Waals surface area contributed by atoms with Gasteiger partial charge in [-0.3, -0.25) is 9.89 Å². The van der Waals surface area contributed by atoms with E-state index in [0.717, 1.165) is 13.0 Å². The first-order chi connectivity index (χ1) is 11.9. The summed E-state index contributed by atoms with van der Waals surface area (Å²) in [5.74, 6) is 1.08. The monoisotopic (exact) mass is 356 g/mol. The molecule has 0 bridgehead atoms. The van der Waals surface area contributed by atoms with Gasteiger partial charge in [-0.15, -0.1) is 0 Å². The predicted molar refractivity (Wildman–Crippen MR) is 94.9 cm³/mol. The normalized spacial score (nSPS) is 20.5. The summed E-state index contributed by atoms with van der Waals surface area (Å²) in [6.45, 7) is 2.94. The van der Waals surface area contributed by atoms with E-state index in [1.807, 2.05) is 18.2 Å². The summed E-state index contributed by atoms with van der Waals surface area (Å²) in [6.07, 6.45) is -2.49. The third-order valence-corrected chi connectivity index (χ3v) is 4.48. The summed E-state index contributed by atoms with van der Waals surface area (Å²) in [5, 5.41) is 6.48. The zero-order valence-corrected chi connectivity index (χ0v) is 14.8. The number of nitrogens with one attached hydrogen (secondary N) is 2. The molecule has 1 fully saturated rings. The zero-order valence-electron chi connectivity index (χ0n) is 14.8. The van der Waals surface area contributed by atoms with Gasteiger partial charge in [0.1, 0.15) is 0 Å². The van der Waals surface area contributed by atoms with Crippen LogP contribution in [0.1, 0.15) is 31.2 Å². The lowest BCUT2D eigenvalue weighted by atomic mass is 9.98. The Balaban J connectivity index is 1.71. The average Bonchev–Trinajstić information content (AvgIpc) is 2.99. The summed E-state index contributed by atoms with van der Waals surface area (Å²) in [4.78, 5) is 5.61. The molecule has 2 unspecified atom stereocenters. The topological polar surface area (TPSA) is 39.7 Å². The van der Waals surface area contributed by atoms with Crippen LogP contribution in [0.25, 0.3) is 0 Å². The molecule has 1 aliphatic heterocycles. The molecule has 0 amide bonds. The minimum atomic E-state index is -4.14. The summed E-state index contributed by atoms with van der Waals surface area (Å²) >= 11 is 0. The zero-order chi connectivity index (χ0) is 18.3. The first-order valence-corrected chi connectivity index (χ1v) is 8.68. The molecule has 4 nitrogen and oxygen atoms in total. The Labute approximate surface area is 147 Å². The van der Waals surface area contributed by atoms with Gasteiger partial charge in [-0.2, -0.15) is 13.2 Å². The molecule has 25 heavy (non-hydrogen) atoms. The molecule has 0 aromatic heterocycles. The van der Waals surface area contributed by atoms with Gasteiger partial charge >= 0.3 is 6.18 Å². The SMILES string of the molecule is CN=C(NCCC(C)c1ccccc1)NC1CCN(CC(F)(F)F)C1. The number of nitrogens with zero attached hydrogens (tertiary/aromatic N) is 2. The van der Waals surface area contributed by atoms with Crippen molar-refractivity contribution in [3.63, 3.8) is 0 Å². The van der Waals surface area contributed by atoms with E-state index in [1.54, 1.807) is 7.05 Å². The number of likely N-dealkylation sites (tertiary alicyclic amines) is 1. The van der Waals surface area contributed by atoms with Crippen LogP contribution in [0.4, 0.5) is 13.2 Å². The molecule has 2 N–H and O–H groups in total. The Morgan fingerprint density at radius 1 is 1.32 bits per heavy atom. The number of guanidine groups is 1. The first kappa shape index (κ1) is 19.6. The minimum Gasteiger partial charge on any atom is -0.356 e. The van der Waals surface area contributed by atoms with E-state index < -0.39 is 12.7 Å². The smallest absolute Gasteiger partial charge is 0.356 e. The molecule has 0 aliphatic carbocycles. The van der Waals surface area contributed by atoms with Crippen molar-refractivity contribution >= 4 is 5.96 Å². The van der Waals surface area contributed by atoms with Gasteiger partial charge < -0.3 is 10.6 Å². The highest BCUT2D eigenvalue weighted by Crippen LogP contribution is 2.20. The highest BCUT2D eigenvalue weighted by molar-refractivity contribution is 5.80. The summed E-state index contributed by atoms with van der Waals surface area (Å²) in [6, 6.07) is 10.3. The van der Waals surface area contributed by atoms with Crippen LogP contribution in [0.5, 0.6) is 0 Å². The molecule has 1 saturated heterocycles. The van der Waals surface area contributed by atoms with Crippen LogP contribution in [0.2, 0.25) is 0 Å². The van der Waals surface area contributed by atoms with E-state index in [2.05, 4.69) is 34.7 Å². The fraction of sp³-hybridized carbons (Fsp3) is 0.611. The Morgan fingerprint density at radius 2 is 2.04 bits per heavy atom. The van der Waals surface area contributed by atoms with Gasteiger partial charge in [0, 0.05) is 32.7 Å². The number of halogens is 3. The second kappa shape index (κ2) is 9.08. The van der Waals surface area contributed by atoms with E-state index in [9.17, 15) is 13.2 Å². The van der Waals surface area contributed by atoms with Crippen LogP contribution >= 0.6 is 0 Å². The Kier molecular flexibility index (Phi) is 7.11. The molecule has 1 aromatic rings. The van der Waals surface area contributed by atoms with Crippen molar-refractivity contribution in [3.8, 4) is 0 Å². The van der Waals surface area contributed by atoms with E-state index >= 15 is 0 Å². The van der Waals surface area contributed by atoms with Crippen molar-refractivity contribution in [2.75, 3.05) is 33.2 Å². The van der Waals surface area contributed by atoms with E-state index in [0.29, 0.717) is 31.4 Å². The molecule has 2 atom stereocenters. The number of benzene rings is 1. The van der Waals surface area contributed by atoms with Gasteiger partial charge in [-0.1, -0.05) is 37.3 Å². The number of alkyl halides is 3. The minimum absolute atomic E-state index is 0.0000896. The average molecular weight is 356 g/mol. The van der Waals surface area contributed by atoms with Crippen LogP contribution in [0.15, 0.2) is 35.3 Å². The Hall–Kier alpha value is -1.76. The van der Waals surface area contributed by atoms with E-state index in [1.165, 1.54) is 10.5 Å². The van der Waals surface area contributed by atoms with Gasteiger partial charge in [-0.25, -0.2) is 0 Å². The number of rotatable bonds is 6. The predicted octanol–water partition coefficient (Wildman–Crippen LogP) is 2.98. The molecule has 2 rings (SSSR count). The number of hydrogen-bond donors (Lipinski definition) is 2. The maximum Gasteiger partial charge on any atom is 0.401 e. The van der Waals surface area contributed by atoms with E-state index in [-0.39, 0.29) is 6.04 Å². The van der Waals surface area contributed by atoms with Gasteiger partial charge in [0.15, 0.2) is 5.96 Å². The molecular weight excluding hydrogens is 329 g/mol. The second-order valence-electron chi connectivity index (χ2n) is 6.58. The van der Waals surface area contributed by atoms with Crippen LogP contribution in [-0.4, -0.2) is 56.3 Å². The fourth-order valence-corrected chi connectivity index (χ4v) is 3.09. The number of hydrogen-bond acceptors (Lipinski definition) is 2. The fourth-order valence-electron chi connectivity index (χ4n) is 3.09. The largest absolute Gasteiger partial charge is 0.401 e. The molecule has 1 aromatic carbocycles. The Bertz CT molecular complexity index is 545. The highest BCUT2D eigenvalue weighted by Gasteiger charge is 2.34. The molecule has 140 valence electrons. The molecular formula is C18H27F3N4. The molecule has 0 spiro atoms. The van der Waals surface area contributed by atoms with Crippen LogP contribution in [0, 0.1) is 0 Å². The molecule has 1 aliphatic rings. The summed E-state index contributed by atoms with van der Waals surface area (Å²) < 4.78 is 37.3. The van der Waals surface area contributed by atoms with Crippen molar-refractivity contribution in [2.24, 2.45) is 4.99 Å². The summed E-state index contributed by atoms with van der Waals surface area (Å²) in [7, 11) is 1.68. The first-order valence-electron chi connectivity index (χ1n) is 8.68. The van der Waals surface area contributed by atoms with E-state index in [4.69, 9.17) is 0 Å². The quantitative estimate of drug-likeness (QED) is 0.608. The lowest BCUT2D eigenvalue weighted by molar-refractivity contribution is -0.143. The standard InChI is InChI=1S/C18H27F3N4/c1-14(15-6-4-3-5-7-15)8-10-23-17(22-2)24-16-9-11-25(12-16)13-18(19,20)21/h3-7,14,16H,8-13H2,1-2H3,(H2,22,23,24). The third-order valence-electron chi connectivity index (χ3n) is 4.48. The lowest BCUT2D eigenvalue weighted by Gasteiger charge is -2.20. The van der Waals surface area contributed by atoms with Crippen molar-refractivity contribution in [2.45, 2.75) is 37.9 Å². The number of aliphatic imine (C=N–C) groups is 1. The van der Waals surface area contributed by atoms with Crippen LogP contribution in [0.3, 0.4) is 0 Å². The van der Waals surface area contributed by atoms with Crippen LogP contribution in [-0.2, 0) is 0 Å². The maximum atomic E-state index is 12.4. The van der Waals surface area contributed by atoms with Gasteiger partial charge in [0.05, 0.1) is 6.54 Å². The third kappa shape index (κ3) is 6.94. The second-order valence-corrected chi connectivity index (χ2v) is 6.58. The van der Waals surface area contributed by atoms with Gasteiger partial charge in [-0.05, 0) is 24.3 Å². The molecule has 0 radical (unpaired) electrons. The van der Waals surface area contributed by atoms with Crippen molar-refractivity contribution in [3.05, 3.63) is 35.9 Å². The van der Waals surface area contributed by atoms with Crippen LogP contribution < -0.4 is 10.6 Å². The molecule has 7 heteroatoms. The maximum absolute atomic E-state index is 12.4. The van der Waals surface area contributed by atoms with Crippen molar-refractivity contribution in [1.29, 1.82) is 0 Å². The van der Waals surface area contributed by atoms with Crippen molar-refractivity contribution in [1.82, 2.24) is 15.5 Å². The highest BCUT2D eigenvalue weighted by atomic mass is 19.4. The molecule has 1 heterocycles. The van der Waals surface area contributed by atoms with Crippen molar-refractivity contribution < 1.29 is 13.2 Å². The Morgan fingerprint density at radius 3 is 2.68 bits per heavy atom.